The van der Waals surface area contributed by atoms with Crippen molar-refractivity contribution in [1.82, 2.24) is 29.2 Å². The maximum Gasteiger partial charge on any atom is 0.233 e. The molecule has 5 rings (SSSR count). The molecule has 4 aromatic rings. The quantitative estimate of drug-likeness (QED) is 0.413. The van der Waals surface area contributed by atoms with E-state index in [1.165, 1.54) is 11.8 Å². The molecule has 7 nitrogen and oxygen atoms in total. The van der Waals surface area contributed by atoms with Crippen molar-refractivity contribution in [3.05, 3.63) is 65.7 Å². The highest BCUT2D eigenvalue weighted by atomic mass is 35.5. The van der Waals surface area contributed by atoms with Crippen LogP contribution in [0.2, 0.25) is 5.02 Å². The van der Waals surface area contributed by atoms with E-state index in [2.05, 4.69) is 15.2 Å². The first-order valence-electron chi connectivity index (χ1n) is 10.2. The summed E-state index contributed by atoms with van der Waals surface area (Å²) in [5.41, 5.74) is 2.75. The normalized spacial score (nSPS) is 13.9. The summed E-state index contributed by atoms with van der Waals surface area (Å²) in [5.74, 6) is 1.20. The monoisotopic (exact) mass is 452 g/mol. The molecular weight excluding hydrogens is 432 g/mol. The fourth-order valence-corrected chi connectivity index (χ4v) is 4.93. The summed E-state index contributed by atoms with van der Waals surface area (Å²) in [5, 5.41) is 10.1. The van der Waals surface area contributed by atoms with E-state index in [1.807, 2.05) is 62.6 Å². The van der Waals surface area contributed by atoms with E-state index >= 15 is 0 Å². The van der Waals surface area contributed by atoms with Gasteiger partial charge in [0.1, 0.15) is 0 Å². The van der Waals surface area contributed by atoms with Crippen molar-refractivity contribution in [2.75, 3.05) is 18.8 Å². The first-order chi connectivity index (χ1) is 15.2. The molecule has 2 aromatic carbocycles. The molecule has 1 saturated heterocycles. The molecular formula is C22H21ClN6OS. The molecule has 0 saturated carbocycles. The van der Waals surface area contributed by atoms with Crippen LogP contribution >= 0.6 is 23.4 Å². The molecule has 0 N–H and O–H groups in total. The number of aromatic nitrogens is 5. The minimum Gasteiger partial charge on any atom is -0.342 e. The molecule has 0 spiro atoms. The number of imidazole rings is 1. The largest absolute Gasteiger partial charge is 0.342 e. The van der Waals surface area contributed by atoms with E-state index in [-0.39, 0.29) is 5.91 Å². The number of para-hydroxylation sites is 3. The lowest BCUT2D eigenvalue weighted by atomic mass is 10.3. The van der Waals surface area contributed by atoms with E-state index in [9.17, 15) is 4.79 Å². The Morgan fingerprint density at radius 2 is 1.81 bits per heavy atom. The van der Waals surface area contributed by atoms with Gasteiger partial charge in [-0.15, -0.1) is 10.2 Å². The van der Waals surface area contributed by atoms with E-state index < -0.39 is 0 Å². The molecule has 1 amide bonds. The van der Waals surface area contributed by atoms with Crippen LogP contribution in [0.5, 0.6) is 0 Å². The SMILES string of the molecule is O=C(CSc1nnc(Cn2cnc3ccccc32)n1-c1ccccc1Cl)N1CCCC1. The van der Waals surface area contributed by atoms with Crippen LogP contribution in [-0.4, -0.2) is 54.0 Å². The number of benzene rings is 2. The lowest BCUT2D eigenvalue weighted by Gasteiger charge is -2.15. The molecule has 0 aliphatic carbocycles. The minimum atomic E-state index is 0.137. The van der Waals surface area contributed by atoms with Crippen LogP contribution in [-0.2, 0) is 11.3 Å². The van der Waals surface area contributed by atoms with Gasteiger partial charge in [0.15, 0.2) is 11.0 Å². The van der Waals surface area contributed by atoms with Crippen LogP contribution in [0.15, 0.2) is 60.0 Å². The van der Waals surface area contributed by atoms with Crippen molar-refractivity contribution in [3.63, 3.8) is 0 Å². The van der Waals surface area contributed by atoms with Gasteiger partial charge in [-0.3, -0.25) is 9.36 Å². The van der Waals surface area contributed by atoms with E-state index in [1.54, 1.807) is 6.33 Å². The number of fused-ring (bicyclic) bond motifs is 1. The van der Waals surface area contributed by atoms with Crippen LogP contribution in [0.25, 0.3) is 16.7 Å². The Labute approximate surface area is 189 Å². The molecule has 0 atom stereocenters. The molecule has 0 unspecified atom stereocenters. The molecule has 3 heterocycles. The molecule has 0 bridgehead atoms. The Balaban J connectivity index is 1.48. The molecule has 1 aliphatic rings. The maximum atomic E-state index is 12.6. The molecule has 31 heavy (non-hydrogen) atoms. The van der Waals surface area contributed by atoms with Crippen molar-refractivity contribution in [3.8, 4) is 5.69 Å². The van der Waals surface area contributed by atoms with Gasteiger partial charge in [-0.05, 0) is 37.1 Å². The predicted octanol–water partition coefficient (Wildman–Crippen LogP) is 4.03. The fraction of sp³-hybridized carbons (Fsp3) is 0.273. The number of likely N-dealkylation sites (tertiary alicyclic amines) is 1. The highest BCUT2D eigenvalue weighted by molar-refractivity contribution is 7.99. The second kappa shape index (κ2) is 8.72. The molecule has 1 fully saturated rings. The topological polar surface area (TPSA) is 68.8 Å². The summed E-state index contributed by atoms with van der Waals surface area (Å²) >= 11 is 7.92. The maximum absolute atomic E-state index is 12.6. The Morgan fingerprint density at radius 3 is 2.65 bits per heavy atom. The third-order valence-electron chi connectivity index (χ3n) is 5.42. The average molecular weight is 453 g/mol. The number of carbonyl (C=O) groups excluding carboxylic acids is 1. The summed E-state index contributed by atoms with van der Waals surface area (Å²) < 4.78 is 3.98. The lowest BCUT2D eigenvalue weighted by molar-refractivity contribution is -0.127. The van der Waals surface area contributed by atoms with Gasteiger partial charge in [0.2, 0.25) is 5.91 Å². The van der Waals surface area contributed by atoms with Crippen molar-refractivity contribution in [2.24, 2.45) is 0 Å². The van der Waals surface area contributed by atoms with Gasteiger partial charge < -0.3 is 9.47 Å². The smallest absolute Gasteiger partial charge is 0.233 e. The number of hydrogen-bond acceptors (Lipinski definition) is 5. The van der Waals surface area contributed by atoms with Gasteiger partial charge in [0, 0.05) is 13.1 Å². The average Bonchev–Trinajstić information content (AvgIpc) is 3.54. The zero-order valence-electron chi connectivity index (χ0n) is 16.8. The molecule has 9 heteroatoms. The van der Waals surface area contributed by atoms with Gasteiger partial charge in [0.05, 0.1) is 40.4 Å². The van der Waals surface area contributed by atoms with Crippen LogP contribution in [0.4, 0.5) is 0 Å². The highest BCUT2D eigenvalue weighted by Crippen LogP contribution is 2.28. The number of rotatable bonds is 6. The summed E-state index contributed by atoms with van der Waals surface area (Å²) in [4.78, 5) is 18.9. The first-order valence-corrected chi connectivity index (χ1v) is 11.6. The van der Waals surface area contributed by atoms with Crippen LogP contribution in [0, 0.1) is 0 Å². The Hall–Kier alpha value is -2.84. The third-order valence-corrected chi connectivity index (χ3v) is 6.65. The standard InChI is InChI=1S/C22H21ClN6OS/c23-16-7-1-3-9-18(16)29-20(13-28-15-24-17-8-2-4-10-19(17)28)25-26-22(29)31-14-21(30)27-11-5-6-12-27/h1-4,7-10,15H,5-6,11-14H2. The van der Waals surface area contributed by atoms with Gasteiger partial charge in [-0.1, -0.05) is 47.6 Å². The van der Waals surface area contributed by atoms with E-state index in [4.69, 9.17) is 11.6 Å². The van der Waals surface area contributed by atoms with Gasteiger partial charge in [-0.2, -0.15) is 0 Å². The van der Waals surface area contributed by atoms with Crippen molar-refractivity contribution >= 4 is 40.3 Å². The van der Waals surface area contributed by atoms with Crippen molar-refractivity contribution in [2.45, 2.75) is 24.5 Å². The zero-order chi connectivity index (χ0) is 21.2. The summed E-state index contributed by atoms with van der Waals surface area (Å²) in [7, 11) is 0. The number of hydrogen-bond donors (Lipinski definition) is 0. The van der Waals surface area contributed by atoms with Crippen molar-refractivity contribution < 1.29 is 4.79 Å². The minimum absolute atomic E-state index is 0.137. The summed E-state index contributed by atoms with van der Waals surface area (Å²) in [6.07, 6.45) is 3.96. The molecule has 2 aromatic heterocycles. The number of halogens is 1. The molecule has 1 aliphatic heterocycles. The van der Waals surface area contributed by atoms with Gasteiger partial charge in [0.25, 0.3) is 0 Å². The van der Waals surface area contributed by atoms with Crippen LogP contribution in [0.3, 0.4) is 0 Å². The molecule has 158 valence electrons. The first kappa shape index (κ1) is 20.1. The van der Waals surface area contributed by atoms with Crippen molar-refractivity contribution in [1.29, 1.82) is 0 Å². The second-order valence-electron chi connectivity index (χ2n) is 7.42. The highest BCUT2D eigenvalue weighted by Gasteiger charge is 2.22. The molecule has 0 radical (unpaired) electrons. The second-order valence-corrected chi connectivity index (χ2v) is 8.77. The predicted molar refractivity (Wildman–Crippen MR) is 122 cm³/mol. The third kappa shape index (κ3) is 4.05. The van der Waals surface area contributed by atoms with Gasteiger partial charge >= 0.3 is 0 Å². The number of amides is 1. The van der Waals surface area contributed by atoms with E-state index in [0.717, 1.165) is 48.5 Å². The van der Waals surface area contributed by atoms with E-state index in [0.29, 0.717) is 22.5 Å². The summed E-state index contributed by atoms with van der Waals surface area (Å²) in [6, 6.07) is 15.6. The van der Waals surface area contributed by atoms with Gasteiger partial charge in [-0.25, -0.2) is 4.98 Å². The lowest BCUT2D eigenvalue weighted by Crippen LogP contribution is -2.29. The fourth-order valence-electron chi connectivity index (χ4n) is 3.84. The number of nitrogens with zero attached hydrogens (tertiary/aromatic N) is 6. The Bertz CT molecular complexity index is 1230. The zero-order valence-corrected chi connectivity index (χ0v) is 18.4. The van der Waals surface area contributed by atoms with Crippen LogP contribution < -0.4 is 0 Å². The Kier molecular flexibility index (Phi) is 5.65. The number of carbonyl (C=O) groups is 1. The number of thioether (sulfide) groups is 1. The van der Waals surface area contributed by atoms with Crippen LogP contribution in [0.1, 0.15) is 18.7 Å². The summed E-state index contributed by atoms with van der Waals surface area (Å²) in [6.45, 7) is 2.17. The Morgan fingerprint density at radius 1 is 1.03 bits per heavy atom.